The molecule has 1 aromatic carbocycles. The van der Waals surface area contributed by atoms with Gasteiger partial charge < -0.3 is 11.1 Å². The molecular weight excluding hydrogens is 616 g/mol. The average molecular weight is 646 g/mol. The Kier molecular flexibility index (Phi) is 8.26. The van der Waals surface area contributed by atoms with E-state index in [1.165, 1.54) is 6.07 Å². The highest BCUT2D eigenvalue weighted by Gasteiger charge is 2.22. The lowest BCUT2D eigenvalue weighted by Gasteiger charge is -2.32. The number of likely N-dealkylation sites (tertiary alicyclic amines) is 1. The number of nitrogen functional groups attached to an aromatic ring is 1. The van der Waals surface area contributed by atoms with Crippen LogP contribution in [0.2, 0.25) is 0 Å². The molecule has 3 N–H and O–H groups in total. The number of benzene rings is 1. The lowest BCUT2D eigenvalue weighted by atomic mass is 10.0. The van der Waals surface area contributed by atoms with Crippen molar-refractivity contribution in [2.24, 2.45) is 0 Å². The Balaban J connectivity index is 1.15. The zero-order chi connectivity index (χ0) is 33.2. The molecule has 12 nitrogen and oxygen atoms in total. The second kappa shape index (κ2) is 13.0. The maximum Gasteiger partial charge on any atom is 0.321 e. The Hall–Kier alpha value is -6.07. The van der Waals surface area contributed by atoms with E-state index < -0.39 is 12.1 Å². The molecule has 0 aliphatic carbocycles. The zero-order valence-corrected chi connectivity index (χ0v) is 25.5. The van der Waals surface area contributed by atoms with Crippen LogP contribution in [0.15, 0.2) is 90.1 Å². The first-order chi connectivity index (χ1) is 23.4. The summed E-state index contributed by atoms with van der Waals surface area (Å²) in [6.07, 6.45) is 6.17. The Morgan fingerprint density at radius 2 is 1.77 bits per heavy atom. The molecule has 0 amide bonds. The van der Waals surface area contributed by atoms with E-state index in [2.05, 4.69) is 37.3 Å². The molecule has 240 valence electrons. The third-order valence-electron chi connectivity index (χ3n) is 8.32. The number of nitriles is 1. The number of aromatic nitrogens is 7. The summed E-state index contributed by atoms with van der Waals surface area (Å²) in [5.74, 6) is 1.65. The molecule has 48 heavy (non-hydrogen) atoms. The molecule has 7 rings (SSSR count). The van der Waals surface area contributed by atoms with Crippen LogP contribution in [0.25, 0.3) is 39.5 Å². The van der Waals surface area contributed by atoms with Crippen molar-refractivity contribution in [3.8, 4) is 34.4 Å². The summed E-state index contributed by atoms with van der Waals surface area (Å²) >= 11 is 0. The van der Waals surface area contributed by atoms with Crippen LogP contribution in [0.5, 0.6) is 0 Å². The van der Waals surface area contributed by atoms with E-state index in [1.54, 1.807) is 36.7 Å². The Morgan fingerprint density at radius 3 is 2.52 bits per heavy atom. The van der Waals surface area contributed by atoms with Gasteiger partial charge in [0.25, 0.3) is 5.56 Å². The molecule has 6 heterocycles. The highest BCUT2D eigenvalue weighted by Crippen LogP contribution is 2.32. The van der Waals surface area contributed by atoms with Crippen molar-refractivity contribution in [1.29, 1.82) is 5.26 Å². The summed E-state index contributed by atoms with van der Waals surface area (Å²) in [7, 11) is 0. The third-order valence-corrected chi connectivity index (χ3v) is 8.32. The van der Waals surface area contributed by atoms with Crippen LogP contribution in [0.4, 0.5) is 20.4 Å². The number of nitrogens with two attached hydrogens (primary N) is 1. The van der Waals surface area contributed by atoms with Gasteiger partial charge in [0, 0.05) is 61.6 Å². The molecule has 1 aliphatic rings. The molecule has 5 aromatic heterocycles. The van der Waals surface area contributed by atoms with E-state index in [1.807, 2.05) is 28.8 Å². The fourth-order valence-corrected chi connectivity index (χ4v) is 5.90. The fourth-order valence-electron chi connectivity index (χ4n) is 5.90. The van der Waals surface area contributed by atoms with E-state index in [0.29, 0.717) is 50.0 Å². The molecule has 0 radical (unpaired) electrons. The van der Waals surface area contributed by atoms with Gasteiger partial charge in [0.15, 0.2) is 11.5 Å². The van der Waals surface area contributed by atoms with Crippen molar-refractivity contribution in [2.75, 3.05) is 24.1 Å². The molecule has 1 aliphatic heterocycles. The van der Waals surface area contributed by atoms with Gasteiger partial charge >= 0.3 is 6.55 Å². The van der Waals surface area contributed by atoms with Gasteiger partial charge in [-0.25, -0.2) is 24.9 Å². The molecule has 1 saturated heterocycles. The predicted molar refractivity (Wildman–Crippen MR) is 176 cm³/mol. The minimum absolute atomic E-state index is 0.148. The standard InChI is InChI=1S/C34H29F2N11O/c35-34(36)46-20-22(5-10-30(46)48)26-8-9-27-33(42-26)47(32(43-27)25-2-1-14-40-31(25)38)24-6-3-21(4-7-24)19-45-16-12-23(13-17-45)41-28-11-15-39-29(18-37)44-28/h1-11,14-15,20,23,34H,12-13,16-17,19H2,(H2,38,40)(H,39,41,44). The monoisotopic (exact) mass is 645 g/mol. The average Bonchev–Trinajstić information content (AvgIpc) is 3.48. The number of hydrogen-bond acceptors (Lipinski definition) is 10. The Bertz CT molecular complexity index is 2200. The highest BCUT2D eigenvalue weighted by molar-refractivity contribution is 5.84. The largest absolute Gasteiger partial charge is 0.383 e. The normalized spacial score (nSPS) is 14.0. The zero-order valence-electron chi connectivity index (χ0n) is 25.5. The quantitative estimate of drug-likeness (QED) is 0.230. The maximum atomic E-state index is 13.5. The molecule has 0 unspecified atom stereocenters. The molecule has 0 bridgehead atoms. The number of fused-ring (bicyclic) bond motifs is 1. The molecule has 0 atom stereocenters. The Morgan fingerprint density at radius 1 is 0.958 bits per heavy atom. The lowest BCUT2D eigenvalue weighted by Crippen LogP contribution is -2.38. The summed E-state index contributed by atoms with van der Waals surface area (Å²) in [5.41, 5.74) is 9.86. The first kappa shape index (κ1) is 30.6. The second-order valence-corrected chi connectivity index (χ2v) is 11.4. The van der Waals surface area contributed by atoms with Crippen molar-refractivity contribution in [3.05, 3.63) is 107 Å². The molecular formula is C34H29F2N11O. The van der Waals surface area contributed by atoms with E-state index >= 15 is 0 Å². The number of anilines is 2. The number of piperidine rings is 1. The van der Waals surface area contributed by atoms with E-state index in [4.69, 9.17) is 21.0 Å². The smallest absolute Gasteiger partial charge is 0.321 e. The van der Waals surface area contributed by atoms with Gasteiger partial charge in [0.1, 0.15) is 23.2 Å². The first-order valence-electron chi connectivity index (χ1n) is 15.3. The summed E-state index contributed by atoms with van der Waals surface area (Å²) in [6, 6.07) is 21.8. The van der Waals surface area contributed by atoms with Crippen LogP contribution < -0.4 is 16.6 Å². The minimum atomic E-state index is -2.98. The van der Waals surface area contributed by atoms with Crippen molar-refractivity contribution >= 4 is 22.8 Å². The predicted octanol–water partition coefficient (Wildman–Crippen LogP) is 5.03. The first-order valence-corrected chi connectivity index (χ1v) is 15.3. The lowest BCUT2D eigenvalue weighted by molar-refractivity contribution is 0.0665. The second-order valence-electron chi connectivity index (χ2n) is 11.4. The van der Waals surface area contributed by atoms with Crippen LogP contribution in [0, 0.1) is 11.3 Å². The van der Waals surface area contributed by atoms with Crippen molar-refractivity contribution in [3.63, 3.8) is 0 Å². The number of hydrogen-bond donors (Lipinski definition) is 2. The number of nitrogens with one attached hydrogen (secondary N) is 1. The fraction of sp³-hybridized carbons (Fsp3) is 0.206. The summed E-state index contributed by atoms with van der Waals surface area (Å²) in [5, 5.41) is 12.5. The Labute approximate surface area is 273 Å². The van der Waals surface area contributed by atoms with Crippen LogP contribution in [-0.2, 0) is 6.54 Å². The van der Waals surface area contributed by atoms with Crippen molar-refractivity contribution in [2.45, 2.75) is 32.0 Å². The molecule has 0 spiro atoms. The number of halogens is 2. The van der Waals surface area contributed by atoms with Gasteiger partial charge in [0.05, 0.1) is 11.3 Å². The van der Waals surface area contributed by atoms with Crippen LogP contribution in [0.3, 0.4) is 0 Å². The van der Waals surface area contributed by atoms with Gasteiger partial charge in [0.2, 0.25) is 5.82 Å². The molecule has 6 aromatic rings. The van der Waals surface area contributed by atoms with Gasteiger partial charge in [-0.3, -0.25) is 18.8 Å². The number of rotatable bonds is 8. The SMILES string of the molecule is N#Cc1nccc(NC2CCN(Cc3ccc(-n4c(-c5cccnc5N)nc5ccc(-c6ccc(=O)n(C(F)F)c6)nc54)cc3)CC2)n1. The number of imidazole rings is 1. The number of alkyl halides is 2. The minimum Gasteiger partial charge on any atom is -0.383 e. The molecule has 1 fully saturated rings. The van der Waals surface area contributed by atoms with E-state index in [0.717, 1.165) is 56.0 Å². The van der Waals surface area contributed by atoms with Crippen molar-refractivity contribution in [1.82, 2.24) is 39.0 Å². The van der Waals surface area contributed by atoms with Gasteiger partial charge in [-0.2, -0.15) is 14.0 Å². The van der Waals surface area contributed by atoms with Crippen LogP contribution in [-0.4, -0.2) is 58.1 Å². The summed E-state index contributed by atoms with van der Waals surface area (Å²) in [4.78, 5) is 36.4. The van der Waals surface area contributed by atoms with Gasteiger partial charge in [-0.1, -0.05) is 12.1 Å². The highest BCUT2D eigenvalue weighted by atomic mass is 19.3. The van der Waals surface area contributed by atoms with Crippen LogP contribution in [0.1, 0.15) is 30.8 Å². The molecule has 14 heteroatoms. The van der Waals surface area contributed by atoms with Gasteiger partial charge in [-0.15, -0.1) is 0 Å². The van der Waals surface area contributed by atoms with Crippen molar-refractivity contribution < 1.29 is 8.78 Å². The number of nitrogens with zero attached hydrogens (tertiary/aromatic N) is 9. The summed E-state index contributed by atoms with van der Waals surface area (Å²) in [6.45, 7) is -0.402. The van der Waals surface area contributed by atoms with E-state index in [-0.39, 0.29) is 11.9 Å². The third kappa shape index (κ3) is 6.18. The number of pyridine rings is 3. The summed E-state index contributed by atoms with van der Waals surface area (Å²) < 4.78 is 29.2. The topological polar surface area (TPSA) is 156 Å². The maximum absolute atomic E-state index is 13.5. The van der Waals surface area contributed by atoms with E-state index in [9.17, 15) is 13.6 Å². The van der Waals surface area contributed by atoms with Gasteiger partial charge in [-0.05, 0) is 66.9 Å². The molecule has 0 saturated carbocycles. The van der Waals surface area contributed by atoms with Crippen LogP contribution >= 0.6 is 0 Å².